The number of fused-ring (bicyclic) bond motifs is 3. The molecule has 11 atom stereocenters. The van der Waals surface area contributed by atoms with Gasteiger partial charge in [0.25, 0.3) is 0 Å². The molecule has 1 saturated heterocycles. The molecular formula is C30H47NO6. The molecule has 0 radical (unpaired) electrons. The summed E-state index contributed by atoms with van der Waals surface area (Å²) in [5, 5.41) is 10.3. The topological polar surface area (TPSA) is 108 Å². The van der Waals surface area contributed by atoms with Gasteiger partial charge in [0.1, 0.15) is 0 Å². The number of hydrogen-bond acceptors (Lipinski definition) is 6. The number of carboxylic acid groups (broad SMARTS) is 1. The maximum absolute atomic E-state index is 13.8. The molecule has 208 valence electrons. The standard InChI is InChI=1S/C30H47NO6/c1-16(2)9-18-5-6-20-19-7-8-22-21-14-36-15-30(22,11-25(35-4)28(21)37-13-17(3)12-31)23(19)10-24(32)27(20)26(18)29(33)34/h10,16-22,25-28H,5-9,11-15,31H2,1-4H3,(H,33,34)/t17?,18?,19?,20?,21?,22?,25-,26?,27?,28-,30-/m1/s1. The summed E-state index contributed by atoms with van der Waals surface area (Å²) in [4.78, 5) is 26.4. The molecule has 3 N–H and O–H groups in total. The van der Waals surface area contributed by atoms with Crippen molar-refractivity contribution in [1.29, 1.82) is 0 Å². The summed E-state index contributed by atoms with van der Waals surface area (Å²) in [6.07, 6.45) is 7.40. The number of hydrogen-bond donors (Lipinski definition) is 2. The summed E-state index contributed by atoms with van der Waals surface area (Å²) in [5.74, 6) is 0.0686. The number of carbonyl (C=O) groups is 2. The van der Waals surface area contributed by atoms with E-state index in [2.05, 4.69) is 20.8 Å². The second kappa shape index (κ2) is 10.7. The zero-order valence-electron chi connectivity index (χ0n) is 23.1. The number of rotatable bonds is 8. The zero-order chi connectivity index (χ0) is 26.5. The first-order valence-electron chi connectivity index (χ1n) is 14.6. The molecule has 0 spiro atoms. The van der Waals surface area contributed by atoms with E-state index in [-0.39, 0.29) is 53.0 Å². The van der Waals surface area contributed by atoms with Gasteiger partial charge in [-0.1, -0.05) is 26.3 Å². The number of carboxylic acids is 1. The van der Waals surface area contributed by atoms with Gasteiger partial charge in [-0.3, -0.25) is 9.59 Å². The Morgan fingerprint density at radius 1 is 1.22 bits per heavy atom. The maximum Gasteiger partial charge on any atom is 0.307 e. The second-order valence-corrected chi connectivity index (χ2v) is 13.3. The number of aliphatic carboxylic acids is 1. The minimum absolute atomic E-state index is 0.0375. The van der Waals surface area contributed by atoms with Crippen molar-refractivity contribution in [3.63, 3.8) is 0 Å². The van der Waals surface area contributed by atoms with Gasteiger partial charge in [-0.25, -0.2) is 0 Å². The molecule has 8 unspecified atom stereocenters. The summed E-state index contributed by atoms with van der Waals surface area (Å²) < 4.78 is 18.8. The highest BCUT2D eigenvalue weighted by Gasteiger charge is 2.63. The van der Waals surface area contributed by atoms with Gasteiger partial charge in [0.2, 0.25) is 0 Å². The number of allylic oxidation sites excluding steroid dienone is 1. The van der Waals surface area contributed by atoms with Gasteiger partial charge in [-0.15, -0.1) is 0 Å². The molecule has 7 heteroatoms. The Morgan fingerprint density at radius 3 is 2.68 bits per heavy atom. The van der Waals surface area contributed by atoms with Gasteiger partial charge in [0, 0.05) is 24.4 Å². The molecule has 0 amide bonds. The van der Waals surface area contributed by atoms with E-state index in [0.29, 0.717) is 38.2 Å². The van der Waals surface area contributed by atoms with Gasteiger partial charge in [-0.2, -0.15) is 0 Å². The van der Waals surface area contributed by atoms with Gasteiger partial charge in [0.15, 0.2) is 5.78 Å². The average Bonchev–Trinajstić information content (AvgIpc) is 2.86. The average molecular weight is 518 g/mol. The Bertz CT molecular complexity index is 903. The highest BCUT2D eigenvalue weighted by atomic mass is 16.5. The van der Waals surface area contributed by atoms with Crippen LogP contribution in [0.4, 0.5) is 0 Å². The third-order valence-electron chi connectivity index (χ3n) is 10.7. The molecule has 0 aromatic carbocycles. The summed E-state index contributed by atoms with van der Waals surface area (Å²) in [6, 6.07) is 0. The third kappa shape index (κ3) is 4.62. The zero-order valence-corrected chi connectivity index (χ0v) is 23.1. The fraction of sp³-hybridized carbons (Fsp3) is 0.867. The first-order chi connectivity index (χ1) is 17.7. The fourth-order valence-electron chi connectivity index (χ4n) is 9.21. The number of carbonyl (C=O) groups excluding carboxylic acids is 1. The van der Waals surface area contributed by atoms with E-state index in [1.54, 1.807) is 7.11 Å². The quantitative estimate of drug-likeness (QED) is 0.502. The Hall–Kier alpha value is -1.28. The molecule has 7 nitrogen and oxygen atoms in total. The molecule has 5 rings (SSSR count). The van der Waals surface area contributed by atoms with E-state index < -0.39 is 17.8 Å². The first kappa shape index (κ1) is 27.3. The third-order valence-corrected chi connectivity index (χ3v) is 10.7. The van der Waals surface area contributed by atoms with Crippen LogP contribution < -0.4 is 5.73 Å². The van der Waals surface area contributed by atoms with Crippen molar-refractivity contribution in [2.45, 2.75) is 71.5 Å². The molecule has 5 aliphatic rings. The van der Waals surface area contributed by atoms with Crippen LogP contribution in [0.25, 0.3) is 0 Å². The van der Waals surface area contributed by atoms with Crippen LogP contribution in [-0.2, 0) is 23.8 Å². The van der Waals surface area contributed by atoms with E-state index in [0.717, 1.165) is 38.5 Å². The second-order valence-electron chi connectivity index (χ2n) is 13.3. The fourth-order valence-corrected chi connectivity index (χ4v) is 9.21. The largest absolute Gasteiger partial charge is 0.481 e. The molecular weight excluding hydrogens is 470 g/mol. The van der Waals surface area contributed by atoms with E-state index in [4.69, 9.17) is 19.9 Å². The van der Waals surface area contributed by atoms with E-state index >= 15 is 0 Å². The van der Waals surface area contributed by atoms with E-state index in [1.807, 2.05) is 6.08 Å². The molecule has 2 bridgehead atoms. The molecule has 4 fully saturated rings. The Morgan fingerprint density at radius 2 is 2.00 bits per heavy atom. The Balaban J connectivity index is 1.47. The number of ether oxygens (including phenoxy) is 3. The summed E-state index contributed by atoms with van der Waals surface area (Å²) >= 11 is 0. The lowest BCUT2D eigenvalue weighted by Gasteiger charge is -2.63. The minimum atomic E-state index is -0.790. The highest BCUT2D eigenvalue weighted by Crippen LogP contribution is 2.64. The van der Waals surface area contributed by atoms with Crippen LogP contribution in [0, 0.1) is 58.7 Å². The minimum Gasteiger partial charge on any atom is -0.481 e. The van der Waals surface area contributed by atoms with Crippen LogP contribution in [0.2, 0.25) is 0 Å². The van der Waals surface area contributed by atoms with Gasteiger partial charge in [-0.05, 0) is 86.7 Å². The van der Waals surface area contributed by atoms with Crippen LogP contribution in [0.3, 0.4) is 0 Å². The van der Waals surface area contributed by atoms with Crippen LogP contribution in [0.5, 0.6) is 0 Å². The smallest absolute Gasteiger partial charge is 0.307 e. The van der Waals surface area contributed by atoms with Gasteiger partial charge < -0.3 is 25.1 Å². The van der Waals surface area contributed by atoms with E-state index in [9.17, 15) is 14.7 Å². The van der Waals surface area contributed by atoms with E-state index in [1.165, 1.54) is 5.57 Å². The molecule has 3 saturated carbocycles. The van der Waals surface area contributed by atoms with Crippen LogP contribution in [0.15, 0.2) is 11.6 Å². The van der Waals surface area contributed by atoms with Crippen molar-refractivity contribution in [1.82, 2.24) is 0 Å². The molecule has 37 heavy (non-hydrogen) atoms. The number of nitrogens with two attached hydrogens (primary N) is 1. The Kier molecular flexibility index (Phi) is 7.90. The summed E-state index contributed by atoms with van der Waals surface area (Å²) in [5.41, 5.74) is 6.86. The van der Waals surface area contributed by atoms with Crippen LogP contribution in [-0.4, -0.2) is 62.5 Å². The van der Waals surface area contributed by atoms with Gasteiger partial charge >= 0.3 is 5.97 Å². The lowest BCUT2D eigenvalue weighted by molar-refractivity contribution is -0.222. The monoisotopic (exact) mass is 517 g/mol. The van der Waals surface area contributed by atoms with Crippen LogP contribution >= 0.6 is 0 Å². The van der Waals surface area contributed by atoms with Crippen molar-refractivity contribution in [2.75, 3.05) is 33.5 Å². The van der Waals surface area contributed by atoms with Crippen molar-refractivity contribution < 1.29 is 28.9 Å². The lowest BCUT2D eigenvalue weighted by Crippen LogP contribution is -2.64. The van der Waals surface area contributed by atoms with Gasteiger partial charge in [0.05, 0.1) is 37.9 Å². The van der Waals surface area contributed by atoms with Crippen molar-refractivity contribution in [3.05, 3.63) is 11.6 Å². The number of methoxy groups -OCH3 is 1. The molecule has 4 aliphatic carbocycles. The predicted molar refractivity (Wildman–Crippen MR) is 140 cm³/mol. The SMILES string of the molecule is CO[C@@H]1C[C@@]23COCC(C2CCC2C3=CC(=O)C3C2CCC(CC(C)C)C3C(=O)O)[C@H]1OCC(C)CN. The van der Waals surface area contributed by atoms with Crippen LogP contribution in [0.1, 0.15) is 59.3 Å². The lowest BCUT2D eigenvalue weighted by atomic mass is 9.45. The predicted octanol–water partition coefficient (Wildman–Crippen LogP) is 3.94. The summed E-state index contributed by atoms with van der Waals surface area (Å²) in [7, 11) is 1.77. The molecule has 0 aromatic heterocycles. The molecule has 0 aromatic rings. The molecule has 1 heterocycles. The summed E-state index contributed by atoms with van der Waals surface area (Å²) in [6.45, 7) is 8.87. The molecule has 1 aliphatic heterocycles. The maximum atomic E-state index is 13.8. The first-order valence-corrected chi connectivity index (χ1v) is 14.6. The Labute approximate surface area is 221 Å². The van der Waals surface area contributed by atoms with Crippen molar-refractivity contribution in [2.24, 2.45) is 64.4 Å². The van der Waals surface area contributed by atoms with Crippen molar-refractivity contribution >= 4 is 11.8 Å². The highest BCUT2D eigenvalue weighted by molar-refractivity contribution is 5.97. The number of ketones is 1. The normalized spacial score (nSPS) is 43.9. The van der Waals surface area contributed by atoms with Crippen molar-refractivity contribution in [3.8, 4) is 0 Å².